The molecule has 0 aliphatic heterocycles. The second-order valence-corrected chi connectivity index (χ2v) is 2.30. The van der Waals surface area contributed by atoms with Crippen LogP contribution in [0.2, 0.25) is 0 Å². The van der Waals surface area contributed by atoms with Crippen molar-refractivity contribution in [2.45, 2.75) is 13.8 Å². The van der Waals surface area contributed by atoms with Crippen LogP contribution in [0.5, 0.6) is 0 Å². The Morgan fingerprint density at radius 1 is 1.55 bits per heavy atom. The third kappa shape index (κ3) is 1.39. The van der Waals surface area contributed by atoms with Gasteiger partial charge in [0.05, 0.1) is 5.69 Å². The first kappa shape index (κ1) is 7.78. The van der Waals surface area contributed by atoms with Gasteiger partial charge in [-0.1, -0.05) is 0 Å². The standard InChI is InChI=1S/C7H10N2O2/c1-5-4-6(2)9(11-3)7(10)8-5/h4H,1-3H3. The molecule has 0 N–H and O–H groups in total. The topological polar surface area (TPSA) is 44.1 Å². The van der Waals surface area contributed by atoms with Gasteiger partial charge in [-0.2, -0.15) is 4.98 Å². The van der Waals surface area contributed by atoms with E-state index in [0.29, 0.717) is 5.69 Å². The third-order valence-corrected chi connectivity index (χ3v) is 1.37. The monoisotopic (exact) mass is 154 g/mol. The lowest BCUT2D eigenvalue weighted by molar-refractivity contribution is 0.146. The fraction of sp³-hybridized carbons (Fsp3) is 0.429. The molecule has 0 amide bonds. The molecule has 0 atom stereocenters. The fourth-order valence-electron chi connectivity index (χ4n) is 0.962. The molecule has 0 spiro atoms. The minimum Gasteiger partial charge on any atom is -0.413 e. The largest absolute Gasteiger partial charge is 0.413 e. The first-order valence-electron chi connectivity index (χ1n) is 3.27. The van der Waals surface area contributed by atoms with Crippen LogP contribution in [0.25, 0.3) is 0 Å². The first-order valence-corrected chi connectivity index (χ1v) is 3.27. The molecule has 1 aromatic heterocycles. The zero-order valence-electron chi connectivity index (χ0n) is 6.79. The summed E-state index contributed by atoms with van der Waals surface area (Å²) in [6.45, 7) is 3.56. The van der Waals surface area contributed by atoms with Crippen molar-refractivity contribution in [2.24, 2.45) is 0 Å². The lowest BCUT2D eigenvalue weighted by atomic mass is 10.4. The molecular formula is C7H10N2O2. The van der Waals surface area contributed by atoms with Gasteiger partial charge in [-0.05, 0) is 19.9 Å². The van der Waals surface area contributed by atoms with Crippen molar-refractivity contribution >= 4 is 0 Å². The average molecular weight is 154 g/mol. The maximum absolute atomic E-state index is 11.0. The van der Waals surface area contributed by atoms with E-state index < -0.39 is 0 Å². The van der Waals surface area contributed by atoms with Gasteiger partial charge < -0.3 is 4.84 Å². The maximum atomic E-state index is 11.0. The van der Waals surface area contributed by atoms with Crippen molar-refractivity contribution in [1.29, 1.82) is 0 Å². The van der Waals surface area contributed by atoms with E-state index in [4.69, 9.17) is 4.84 Å². The van der Waals surface area contributed by atoms with E-state index >= 15 is 0 Å². The summed E-state index contributed by atoms with van der Waals surface area (Å²) in [5.41, 5.74) is 1.09. The van der Waals surface area contributed by atoms with Crippen molar-refractivity contribution in [3.8, 4) is 0 Å². The summed E-state index contributed by atoms with van der Waals surface area (Å²) in [5, 5.41) is 0. The summed E-state index contributed by atoms with van der Waals surface area (Å²) in [5.74, 6) is 0. The Morgan fingerprint density at radius 3 is 2.64 bits per heavy atom. The second-order valence-electron chi connectivity index (χ2n) is 2.30. The van der Waals surface area contributed by atoms with E-state index in [9.17, 15) is 4.79 Å². The molecule has 1 rings (SSSR count). The highest BCUT2D eigenvalue weighted by molar-refractivity contribution is 5.05. The van der Waals surface area contributed by atoms with Gasteiger partial charge in [0.1, 0.15) is 7.11 Å². The van der Waals surface area contributed by atoms with Crippen LogP contribution in [0.4, 0.5) is 0 Å². The molecule has 0 radical (unpaired) electrons. The van der Waals surface area contributed by atoms with Crippen LogP contribution in [0.3, 0.4) is 0 Å². The van der Waals surface area contributed by atoms with Gasteiger partial charge in [-0.3, -0.25) is 0 Å². The van der Waals surface area contributed by atoms with Crippen molar-refractivity contribution in [1.82, 2.24) is 9.71 Å². The lowest BCUT2D eigenvalue weighted by Gasteiger charge is -2.05. The van der Waals surface area contributed by atoms with Crippen LogP contribution in [0.15, 0.2) is 10.9 Å². The Hall–Kier alpha value is -1.32. The lowest BCUT2D eigenvalue weighted by Crippen LogP contribution is -2.29. The molecule has 0 fully saturated rings. The van der Waals surface area contributed by atoms with Crippen LogP contribution in [0, 0.1) is 13.8 Å². The summed E-state index contributed by atoms with van der Waals surface area (Å²) < 4.78 is 1.15. The van der Waals surface area contributed by atoms with Gasteiger partial charge >= 0.3 is 5.69 Å². The number of hydrogen-bond acceptors (Lipinski definition) is 3. The van der Waals surface area contributed by atoms with E-state index in [2.05, 4.69) is 4.98 Å². The van der Waals surface area contributed by atoms with Gasteiger partial charge in [-0.25, -0.2) is 4.79 Å². The predicted molar refractivity (Wildman–Crippen MR) is 40.5 cm³/mol. The zero-order valence-corrected chi connectivity index (χ0v) is 6.79. The SMILES string of the molecule is COn1c(C)cc(C)nc1=O. The molecule has 0 bridgehead atoms. The van der Waals surface area contributed by atoms with Gasteiger partial charge in [-0.15, -0.1) is 4.73 Å². The van der Waals surface area contributed by atoms with Crippen molar-refractivity contribution in [2.75, 3.05) is 7.11 Å². The van der Waals surface area contributed by atoms with E-state index in [1.807, 2.05) is 0 Å². The Bertz CT molecular complexity index is 317. The van der Waals surface area contributed by atoms with Crippen LogP contribution < -0.4 is 10.5 Å². The minimum absolute atomic E-state index is 0.370. The smallest absolute Gasteiger partial charge is 0.380 e. The Labute approximate surface area is 64.4 Å². The molecule has 60 valence electrons. The highest BCUT2D eigenvalue weighted by Gasteiger charge is 2.00. The first-order chi connectivity index (χ1) is 5.15. The van der Waals surface area contributed by atoms with Gasteiger partial charge in [0.2, 0.25) is 0 Å². The molecule has 0 unspecified atom stereocenters. The van der Waals surface area contributed by atoms with Gasteiger partial charge in [0.15, 0.2) is 0 Å². The molecule has 0 aliphatic rings. The highest BCUT2D eigenvalue weighted by Crippen LogP contribution is 1.93. The number of hydrogen-bond donors (Lipinski definition) is 0. The summed E-state index contributed by atoms with van der Waals surface area (Å²) in [6.07, 6.45) is 0. The number of nitrogens with zero attached hydrogens (tertiary/aromatic N) is 2. The molecule has 1 heterocycles. The summed E-state index contributed by atoms with van der Waals surface area (Å²) in [4.78, 5) is 19.5. The summed E-state index contributed by atoms with van der Waals surface area (Å²) in [6, 6.07) is 1.78. The van der Waals surface area contributed by atoms with Crippen molar-refractivity contribution in [3.63, 3.8) is 0 Å². The fourth-order valence-corrected chi connectivity index (χ4v) is 0.962. The maximum Gasteiger partial charge on any atom is 0.380 e. The highest BCUT2D eigenvalue weighted by atomic mass is 16.7. The van der Waals surface area contributed by atoms with Crippen molar-refractivity contribution < 1.29 is 4.84 Å². The number of rotatable bonds is 1. The summed E-state index contributed by atoms with van der Waals surface area (Å²) >= 11 is 0. The van der Waals surface area contributed by atoms with Crippen LogP contribution in [0.1, 0.15) is 11.4 Å². The molecule has 0 saturated heterocycles. The molecule has 0 saturated carbocycles. The molecule has 4 heteroatoms. The minimum atomic E-state index is -0.370. The number of aryl methyl sites for hydroxylation is 2. The average Bonchev–Trinajstić information content (AvgIpc) is 1.85. The van der Waals surface area contributed by atoms with Gasteiger partial charge in [0, 0.05) is 5.69 Å². The van der Waals surface area contributed by atoms with Crippen LogP contribution in [-0.4, -0.2) is 16.8 Å². The van der Waals surface area contributed by atoms with Crippen LogP contribution in [-0.2, 0) is 0 Å². The molecule has 1 aromatic rings. The Kier molecular flexibility index (Phi) is 1.94. The predicted octanol–water partition coefficient (Wildman–Crippen LogP) is -0.0815. The third-order valence-electron chi connectivity index (χ3n) is 1.37. The quantitative estimate of drug-likeness (QED) is 0.568. The zero-order chi connectivity index (χ0) is 8.43. The normalized spacial score (nSPS) is 9.73. The molecular weight excluding hydrogens is 144 g/mol. The Balaban J connectivity index is 3.37. The molecule has 0 aliphatic carbocycles. The van der Waals surface area contributed by atoms with E-state index in [1.165, 1.54) is 7.11 Å². The van der Waals surface area contributed by atoms with E-state index in [0.717, 1.165) is 10.4 Å². The van der Waals surface area contributed by atoms with Gasteiger partial charge in [0.25, 0.3) is 0 Å². The molecule has 11 heavy (non-hydrogen) atoms. The van der Waals surface area contributed by atoms with Crippen molar-refractivity contribution in [3.05, 3.63) is 27.9 Å². The molecule has 4 nitrogen and oxygen atoms in total. The number of aromatic nitrogens is 2. The summed E-state index contributed by atoms with van der Waals surface area (Å²) in [7, 11) is 1.44. The second kappa shape index (κ2) is 2.74. The van der Waals surface area contributed by atoms with E-state index in [-0.39, 0.29) is 5.69 Å². The van der Waals surface area contributed by atoms with E-state index in [1.54, 1.807) is 19.9 Å². The molecule has 0 aromatic carbocycles. The Morgan fingerprint density at radius 2 is 2.18 bits per heavy atom. The van der Waals surface area contributed by atoms with Crippen LogP contribution >= 0.6 is 0 Å².